The molecule has 1 rings (SSSR count). The molecule has 96 valence electrons. The molecule has 1 aliphatic carbocycles. The summed E-state index contributed by atoms with van der Waals surface area (Å²) in [5.74, 6) is 0.902. The molecule has 0 saturated heterocycles. The van der Waals surface area contributed by atoms with Gasteiger partial charge in [-0.15, -0.1) is 0 Å². The fourth-order valence-corrected chi connectivity index (χ4v) is 2.58. The monoisotopic (exact) mass is 226 g/mol. The Labute approximate surface area is 102 Å². The summed E-state index contributed by atoms with van der Waals surface area (Å²) in [5, 5.41) is 3.59. The highest BCUT2D eigenvalue weighted by Crippen LogP contribution is 2.31. The highest BCUT2D eigenvalue weighted by atomic mass is 15.2. The number of hydrogen-bond donors (Lipinski definition) is 1. The predicted octanol–water partition coefficient (Wildman–Crippen LogP) is 2.89. The summed E-state index contributed by atoms with van der Waals surface area (Å²) in [5.41, 5.74) is 0. The zero-order chi connectivity index (χ0) is 12.0. The van der Waals surface area contributed by atoms with Gasteiger partial charge in [-0.05, 0) is 44.8 Å². The first-order valence-electron chi connectivity index (χ1n) is 7.16. The minimum Gasteiger partial charge on any atom is -0.314 e. The van der Waals surface area contributed by atoms with E-state index in [0.717, 1.165) is 12.0 Å². The zero-order valence-corrected chi connectivity index (χ0v) is 11.6. The summed E-state index contributed by atoms with van der Waals surface area (Å²) in [6.45, 7) is 12.8. The third-order valence-corrected chi connectivity index (χ3v) is 3.84. The molecule has 0 aromatic carbocycles. The molecule has 0 heterocycles. The van der Waals surface area contributed by atoms with Crippen LogP contribution in [0.4, 0.5) is 0 Å². The van der Waals surface area contributed by atoms with Crippen molar-refractivity contribution in [2.24, 2.45) is 5.92 Å². The Kier molecular flexibility index (Phi) is 6.37. The van der Waals surface area contributed by atoms with E-state index in [9.17, 15) is 0 Å². The van der Waals surface area contributed by atoms with E-state index in [1.165, 1.54) is 45.3 Å². The minimum absolute atomic E-state index is 0.631. The van der Waals surface area contributed by atoms with E-state index in [4.69, 9.17) is 0 Å². The summed E-state index contributed by atoms with van der Waals surface area (Å²) in [6, 6.07) is 1.50. The maximum Gasteiger partial charge on any atom is 0.0136 e. The Bertz CT molecular complexity index is 180. The Balaban J connectivity index is 2.28. The molecular formula is C14H30N2. The molecule has 16 heavy (non-hydrogen) atoms. The van der Waals surface area contributed by atoms with Gasteiger partial charge in [-0.2, -0.15) is 0 Å². The third kappa shape index (κ3) is 4.06. The van der Waals surface area contributed by atoms with Gasteiger partial charge in [-0.25, -0.2) is 0 Å². The summed E-state index contributed by atoms with van der Waals surface area (Å²) < 4.78 is 0. The fraction of sp³-hybridized carbons (Fsp3) is 1.00. The van der Waals surface area contributed by atoms with Crippen molar-refractivity contribution < 1.29 is 0 Å². The average Bonchev–Trinajstić information content (AvgIpc) is 2.22. The van der Waals surface area contributed by atoms with Crippen LogP contribution < -0.4 is 5.32 Å². The summed E-state index contributed by atoms with van der Waals surface area (Å²) in [7, 11) is 0. The molecule has 2 heteroatoms. The molecule has 0 aliphatic heterocycles. The molecule has 1 N–H and O–H groups in total. The lowest BCUT2D eigenvalue weighted by Gasteiger charge is -2.44. The first-order valence-corrected chi connectivity index (χ1v) is 7.16. The second kappa shape index (κ2) is 7.29. The van der Waals surface area contributed by atoms with Crippen LogP contribution in [0.2, 0.25) is 0 Å². The van der Waals surface area contributed by atoms with Crippen LogP contribution in [0.3, 0.4) is 0 Å². The summed E-state index contributed by atoms with van der Waals surface area (Å²) >= 11 is 0. The normalized spacial score (nSPS) is 25.1. The van der Waals surface area contributed by atoms with Gasteiger partial charge in [0, 0.05) is 12.1 Å². The predicted molar refractivity (Wildman–Crippen MR) is 71.8 cm³/mol. The van der Waals surface area contributed by atoms with Crippen molar-refractivity contribution in [2.45, 2.75) is 65.5 Å². The maximum atomic E-state index is 3.59. The van der Waals surface area contributed by atoms with Crippen LogP contribution in [0, 0.1) is 5.92 Å². The standard InChI is InChI=1S/C14H30N2/c1-5-7-10-16(6-2)14-9-8-13(14)11-15-12(3)4/h12-15H,5-11H2,1-4H3. The molecule has 1 aliphatic rings. The number of unbranched alkanes of at least 4 members (excludes halogenated alkanes) is 1. The van der Waals surface area contributed by atoms with Gasteiger partial charge < -0.3 is 10.2 Å². The van der Waals surface area contributed by atoms with Crippen LogP contribution in [-0.4, -0.2) is 36.6 Å². The minimum atomic E-state index is 0.631. The van der Waals surface area contributed by atoms with Gasteiger partial charge >= 0.3 is 0 Å². The van der Waals surface area contributed by atoms with Gasteiger partial charge in [0.1, 0.15) is 0 Å². The molecule has 0 aromatic heterocycles. The second-order valence-corrected chi connectivity index (χ2v) is 5.45. The lowest BCUT2D eigenvalue weighted by molar-refractivity contribution is 0.0638. The van der Waals surface area contributed by atoms with Gasteiger partial charge in [0.05, 0.1) is 0 Å². The average molecular weight is 226 g/mol. The van der Waals surface area contributed by atoms with Gasteiger partial charge in [0.15, 0.2) is 0 Å². The van der Waals surface area contributed by atoms with E-state index in [2.05, 4.69) is 37.9 Å². The highest BCUT2D eigenvalue weighted by Gasteiger charge is 2.34. The molecule has 2 nitrogen and oxygen atoms in total. The zero-order valence-electron chi connectivity index (χ0n) is 11.6. The van der Waals surface area contributed by atoms with Crippen molar-refractivity contribution in [3.8, 4) is 0 Å². The van der Waals surface area contributed by atoms with Crippen LogP contribution >= 0.6 is 0 Å². The molecule has 2 atom stereocenters. The van der Waals surface area contributed by atoms with Crippen LogP contribution in [0.15, 0.2) is 0 Å². The molecule has 1 fully saturated rings. The van der Waals surface area contributed by atoms with Crippen molar-refractivity contribution in [1.82, 2.24) is 10.2 Å². The van der Waals surface area contributed by atoms with Crippen LogP contribution in [-0.2, 0) is 0 Å². The van der Waals surface area contributed by atoms with Gasteiger partial charge in [0.25, 0.3) is 0 Å². The van der Waals surface area contributed by atoms with Crippen LogP contribution in [0.25, 0.3) is 0 Å². The molecule has 0 radical (unpaired) electrons. The number of nitrogens with one attached hydrogen (secondary N) is 1. The van der Waals surface area contributed by atoms with E-state index in [1.54, 1.807) is 0 Å². The van der Waals surface area contributed by atoms with Gasteiger partial charge in [0.2, 0.25) is 0 Å². The smallest absolute Gasteiger partial charge is 0.0136 e. The van der Waals surface area contributed by atoms with Crippen LogP contribution in [0.1, 0.15) is 53.4 Å². The molecule has 1 saturated carbocycles. The Morgan fingerprint density at radius 1 is 1.25 bits per heavy atom. The summed E-state index contributed by atoms with van der Waals surface area (Å²) in [4.78, 5) is 2.69. The first-order chi connectivity index (χ1) is 7.69. The van der Waals surface area contributed by atoms with Crippen molar-refractivity contribution in [1.29, 1.82) is 0 Å². The second-order valence-electron chi connectivity index (χ2n) is 5.45. The van der Waals surface area contributed by atoms with E-state index in [-0.39, 0.29) is 0 Å². The molecule has 0 amide bonds. The molecule has 0 aromatic rings. The molecule has 2 unspecified atom stereocenters. The maximum absolute atomic E-state index is 3.59. The van der Waals surface area contributed by atoms with Crippen molar-refractivity contribution in [3.05, 3.63) is 0 Å². The van der Waals surface area contributed by atoms with Crippen molar-refractivity contribution >= 4 is 0 Å². The van der Waals surface area contributed by atoms with Crippen molar-refractivity contribution in [2.75, 3.05) is 19.6 Å². The van der Waals surface area contributed by atoms with Crippen molar-refractivity contribution in [3.63, 3.8) is 0 Å². The van der Waals surface area contributed by atoms with E-state index >= 15 is 0 Å². The lowest BCUT2D eigenvalue weighted by atomic mass is 9.78. The topological polar surface area (TPSA) is 15.3 Å². The van der Waals surface area contributed by atoms with E-state index < -0.39 is 0 Å². The van der Waals surface area contributed by atoms with E-state index in [1.807, 2.05) is 0 Å². The Morgan fingerprint density at radius 2 is 2.00 bits per heavy atom. The summed E-state index contributed by atoms with van der Waals surface area (Å²) in [6.07, 6.45) is 5.52. The molecule has 0 bridgehead atoms. The number of rotatable bonds is 8. The Hall–Kier alpha value is -0.0800. The molecule has 0 spiro atoms. The van der Waals surface area contributed by atoms with E-state index in [0.29, 0.717) is 6.04 Å². The van der Waals surface area contributed by atoms with Gasteiger partial charge in [-0.1, -0.05) is 34.1 Å². The highest BCUT2D eigenvalue weighted by molar-refractivity contribution is 4.90. The quantitative estimate of drug-likeness (QED) is 0.684. The third-order valence-electron chi connectivity index (χ3n) is 3.84. The lowest BCUT2D eigenvalue weighted by Crippen LogP contribution is -2.51. The SMILES string of the molecule is CCCCN(CC)C1CCC1CNC(C)C. The largest absolute Gasteiger partial charge is 0.314 e. The number of hydrogen-bond acceptors (Lipinski definition) is 2. The van der Waals surface area contributed by atoms with Crippen LogP contribution in [0.5, 0.6) is 0 Å². The Morgan fingerprint density at radius 3 is 2.44 bits per heavy atom. The molecular weight excluding hydrogens is 196 g/mol. The fourth-order valence-electron chi connectivity index (χ4n) is 2.58. The van der Waals surface area contributed by atoms with Gasteiger partial charge in [-0.3, -0.25) is 0 Å². The number of nitrogens with zero attached hydrogens (tertiary/aromatic N) is 1. The first kappa shape index (κ1) is 14.0.